The molecule has 29 heavy (non-hydrogen) atoms. The molecule has 1 aliphatic rings. The molecular weight excluding hydrogens is 386 g/mol. The predicted molar refractivity (Wildman–Crippen MR) is 115 cm³/mol. The molecule has 0 aliphatic carbocycles. The highest BCUT2D eigenvalue weighted by molar-refractivity contribution is 6.30. The summed E-state index contributed by atoms with van der Waals surface area (Å²) in [4.78, 5) is 6.85. The van der Waals surface area contributed by atoms with Gasteiger partial charge in [-0.05, 0) is 41.1 Å². The van der Waals surface area contributed by atoms with Crippen molar-refractivity contribution in [1.82, 2.24) is 14.5 Å². The number of methoxy groups -OCH3 is 1. The van der Waals surface area contributed by atoms with Crippen LogP contribution in [0.15, 0.2) is 30.5 Å². The number of fused-ring (bicyclic) bond motifs is 2. The van der Waals surface area contributed by atoms with Gasteiger partial charge in [0.2, 0.25) is 0 Å². The number of ether oxygens (including phenoxy) is 1. The summed E-state index contributed by atoms with van der Waals surface area (Å²) in [6, 6.07) is 11.0. The standard InChI is InChI=1S/C22H24ClN5O/c1-27-8-5-16-11-15(3-4-20(16)27)13-28-9-6-17-18(12-24)21(23)26-22(19(17)14-28)25-7-10-29-2/h3-5,8,11H,6-7,9-10,13-14H2,1-2H3,(H,25,26). The van der Waals surface area contributed by atoms with E-state index in [1.165, 1.54) is 16.5 Å². The van der Waals surface area contributed by atoms with Crippen molar-refractivity contribution in [3.8, 4) is 6.07 Å². The Balaban J connectivity index is 1.59. The molecule has 0 radical (unpaired) electrons. The van der Waals surface area contributed by atoms with Crippen LogP contribution >= 0.6 is 11.6 Å². The molecule has 0 saturated carbocycles. The minimum Gasteiger partial charge on any atom is -0.383 e. The zero-order chi connectivity index (χ0) is 20.4. The van der Waals surface area contributed by atoms with Gasteiger partial charge in [-0.1, -0.05) is 17.7 Å². The molecule has 0 bridgehead atoms. The maximum Gasteiger partial charge on any atom is 0.149 e. The Morgan fingerprint density at radius 3 is 2.97 bits per heavy atom. The summed E-state index contributed by atoms with van der Waals surface area (Å²) < 4.78 is 7.26. The van der Waals surface area contributed by atoms with Crippen LogP contribution in [0.3, 0.4) is 0 Å². The van der Waals surface area contributed by atoms with E-state index in [-0.39, 0.29) is 5.15 Å². The molecule has 0 saturated heterocycles. The van der Waals surface area contributed by atoms with Gasteiger partial charge in [0.15, 0.2) is 0 Å². The molecule has 7 heteroatoms. The largest absolute Gasteiger partial charge is 0.383 e. The fourth-order valence-corrected chi connectivity index (χ4v) is 4.25. The van der Waals surface area contributed by atoms with Gasteiger partial charge in [-0.25, -0.2) is 4.98 Å². The predicted octanol–water partition coefficient (Wildman–Crippen LogP) is 3.71. The fourth-order valence-electron chi connectivity index (χ4n) is 4.01. The van der Waals surface area contributed by atoms with Crippen molar-refractivity contribution >= 4 is 28.3 Å². The molecule has 0 unspecified atom stereocenters. The van der Waals surface area contributed by atoms with Gasteiger partial charge in [-0.3, -0.25) is 4.90 Å². The first-order chi connectivity index (χ1) is 14.1. The van der Waals surface area contributed by atoms with Crippen LogP contribution in [0.2, 0.25) is 5.15 Å². The second-order valence-corrected chi connectivity index (χ2v) is 7.75. The third-order valence-corrected chi connectivity index (χ3v) is 5.77. The molecule has 6 nitrogen and oxygen atoms in total. The molecule has 4 rings (SSSR count). The number of aromatic nitrogens is 2. The van der Waals surface area contributed by atoms with E-state index >= 15 is 0 Å². The SMILES string of the molecule is COCCNc1nc(Cl)c(C#N)c2c1CN(Cc1ccc3c(ccn3C)c1)CC2. The van der Waals surface area contributed by atoms with Crippen LogP contribution in [-0.4, -0.2) is 41.3 Å². The summed E-state index contributed by atoms with van der Waals surface area (Å²) in [5, 5.41) is 14.4. The third kappa shape index (κ3) is 3.95. The average molecular weight is 410 g/mol. The van der Waals surface area contributed by atoms with Crippen LogP contribution in [0.4, 0.5) is 5.82 Å². The molecule has 3 heterocycles. The molecule has 0 spiro atoms. The normalized spacial score (nSPS) is 14.0. The Morgan fingerprint density at radius 2 is 2.17 bits per heavy atom. The van der Waals surface area contributed by atoms with Gasteiger partial charge in [0.25, 0.3) is 0 Å². The number of rotatable bonds is 6. The quantitative estimate of drug-likeness (QED) is 0.496. The van der Waals surface area contributed by atoms with Gasteiger partial charge >= 0.3 is 0 Å². The number of nitrogens with zero attached hydrogens (tertiary/aromatic N) is 4. The van der Waals surface area contributed by atoms with Gasteiger partial charge in [0, 0.05) is 57.6 Å². The number of hydrogen-bond acceptors (Lipinski definition) is 5. The lowest BCUT2D eigenvalue weighted by atomic mass is 9.96. The summed E-state index contributed by atoms with van der Waals surface area (Å²) in [6.45, 7) is 3.69. The maximum absolute atomic E-state index is 9.55. The first-order valence-corrected chi connectivity index (χ1v) is 10.1. The molecule has 0 amide bonds. The Labute approximate surface area is 175 Å². The van der Waals surface area contributed by atoms with E-state index in [1.54, 1.807) is 7.11 Å². The molecule has 150 valence electrons. The van der Waals surface area contributed by atoms with Crippen molar-refractivity contribution in [3.05, 3.63) is 57.9 Å². The Bertz CT molecular complexity index is 1080. The number of aryl methyl sites for hydroxylation is 1. The summed E-state index contributed by atoms with van der Waals surface area (Å²) in [5.74, 6) is 0.754. The van der Waals surface area contributed by atoms with Gasteiger partial charge < -0.3 is 14.6 Å². The third-order valence-electron chi connectivity index (χ3n) is 5.49. The monoisotopic (exact) mass is 409 g/mol. The molecule has 1 N–H and O–H groups in total. The Hall–Kier alpha value is -2.59. The number of nitrogens with one attached hydrogen (secondary N) is 1. The van der Waals surface area contributed by atoms with Crippen molar-refractivity contribution < 1.29 is 4.74 Å². The lowest BCUT2D eigenvalue weighted by molar-refractivity contribution is 0.210. The smallest absolute Gasteiger partial charge is 0.149 e. The van der Waals surface area contributed by atoms with Crippen LogP contribution in [0.1, 0.15) is 22.3 Å². The molecule has 0 fully saturated rings. The van der Waals surface area contributed by atoms with Crippen LogP contribution in [-0.2, 0) is 31.3 Å². The Kier molecular flexibility index (Phi) is 5.72. The van der Waals surface area contributed by atoms with Crippen molar-refractivity contribution in [3.63, 3.8) is 0 Å². The van der Waals surface area contributed by atoms with E-state index < -0.39 is 0 Å². The topological polar surface area (TPSA) is 66.1 Å². The number of benzene rings is 1. The highest BCUT2D eigenvalue weighted by Gasteiger charge is 2.25. The van der Waals surface area contributed by atoms with Crippen molar-refractivity contribution in [2.45, 2.75) is 19.5 Å². The number of hydrogen-bond donors (Lipinski definition) is 1. The number of pyridine rings is 1. The Morgan fingerprint density at radius 1 is 1.31 bits per heavy atom. The van der Waals surface area contributed by atoms with Crippen molar-refractivity contribution in [1.29, 1.82) is 5.26 Å². The molecular formula is C22H24ClN5O. The van der Waals surface area contributed by atoms with Gasteiger partial charge in [-0.15, -0.1) is 0 Å². The first kappa shape index (κ1) is 19.7. The van der Waals surface area contributed by atoms with Crippen LogP contribution in [0.25, 0.3) is 10.9 Å². The molecule has 2 aromatic heterocycles. The minimum atomic E-state index is 0.272. The number of halogens is 1. The van der Waals surface area contributed by atoms with E-state index in [1.807, 2.05) is 0 Å². The van der Waals surface area contributed by atoms with E-state index in [2.05, 4.69) is 63.3 Å². The van der Waals surface area contributed by atoms with Gasteiger partial charge in [0.1, 0.15) is 17.0 Å². The highest BCUT2D eigenvalue weighted by Crippen LogP contribution is 2.32. The minimum absolute atomic E-state index is 0.272. The van der Waals surface area contributed by atoms with E-state index in [4.69, 9.17) is 16.3 Å². The highest BCUT2D eigenvalue weighted by atomic mass is 35.5. The summed E-state index contributed by atoms with van der Waals surface area (Å²) in [5.41, 5.74) is 5.10. The maximum atomic E-state index is 9.55. The molecule has 1 aromatic carbocycles. The van der Waals surface area contributed by atoms with E-state index in [0.29, 0.717) is 18.7 Å². The van der Waals surface area contributed by atoms with Crippen molar-refractivity contribution in [2.75, 3.05) is 32.1 Å². The van der Waals surface area contributed by atoms with Crippen molar-refractivity contribution in [2.24, 2.45) is 7.05 Å². The summed E-state index contributed by atoms with van der Waals surface area (Å²) >= 11 is 6.28. The zero-order valence-electron chi connectivity index (χ0n) is 16.7. The summed E-state index contributed by atoms with van der Waals surface area (Å²) in [7, 11) is 3.73. The second-order valence-electron chi connectivity index (χ2n) is 7.40. The summed E-state index contributed by atoms with van der Waals surface area (Å²) in [6.07, 6.45) is 2.87. The van der Waals surface area contributed by atoms with Gasteiger partial charge in [0.05, 0.1) is 12.2 Å². The van der Waals surface area contributed by atoms with Crippen LogP contribution in [0.5, 0.6) is 0 Å². The lowest BCUT2D eigenvalue weighted by Gasteiger charge is -2.31. The van der Waals surface area contributed by atoms with Crippen LogP contribution < -0.4 is 5.32 Å². The zero-order valence-corrected chi connectivity index (χ0v) is 17.5. The number of anilines is 1. The molecule has 0 atom stereocenters. The van der Waals surface area contributed by atoms with E-state index in [9.17, 15) is 5.26 Å². The van der Waals surface area contributed by atoms with E-state index in [0.717, 1.165) is 43.0 Å². The first-order valence-electron chi connectivity index (χ1n) is 9.71. The molecule has 1 aliphatic heterocycles. The van der Waals surface area contributed by atoms with Crippen LogP contribution in [0, 0.1) is 11.3 Å². The average Bonchev–Trinajstić information content (AvgIpc) is 3.09. The molecule has 3 aromatic rings. The number of nitriles is 1. The van der Waals surface area contributed by atoms with Gasteiger partial charge in [-0.2, -0.15) is 5.26 Å². The fraction of sp³-hybridized carbons (Fsp3) is 0.364. The lowest BCUT2D eigenvalue weighted by Crippen LogP contribution is -2.32. The second kappa shape index (κ2) is 8.42.